The van der Waals surface area contributed by atoms with Gasteiger partial charge in [-0.15, -0.1) is 0 Å². The van der Waals surface area contributed by atoms with Gasteiger partial charge in [0.2, 0.25) is 0 Å². The molecular formula is C26H22ClN3O. The topological polar surface area (TPSA) is 32.5 Å². The van der Waals surface area contributed by atoms with Crippen molar-refractivity contribution in [2.75, 3.05) is 31.1 Å². The van der Waals surface area contributed by atoms with Crippen LogP contribution in [-0.2, 0) is 6.54 Å². The number of halogens is 1. The molecule has 0 N–H and O–H groups in total. The number of aromatic nitrogens is 1. The number of benzene rings is 3. The van der Waals surface area contributed by atoms with Gasteiger partial charge in [-0.3, -0.25) is 9.88 Å². The molecular weight excluding hydrogens is 406 g/mol. The number of hydrogen-bond donors (Lipinski definition) is 0. The Bertz CT molecular complexity index is 1400. The van der Waals surface area contributed by atoms with Crippen molar-refractivity contribution in [2.45, 2.75) is 6.54 Å². The fourth-order valence-electron chi connectivity index (χ4n) is 4.66. The lowest BCUT2D eigenvalue weighted by Gasteiger charge is -2.36. The Morgan fingerprint density at radius 2 is 1.65 bits per heavy atom. The number of hydrogen-bond acceptors (Lipinski definition) is 4. The summed E-state index contributed by atoms with van der Waals surface area (Å²) in [6.07, 6.45) is 1.88. The van der Waals surface area contributed by atoms with E-state index in [1.165, 1.54) is 22.0 Å². The van der Waals surface area contributed by atoms with Crippen molar-refractivity contribution in [2.24, 2.45) is 0 Å². The number of fused-ring (bicyclic) bond motifs is 4. The average molecular weight is 428 g/mol. The van der Waals surface area contributed by atoms with Gasteiger partial charge in [-0.25, -0.2) is 0 Å². The van der Waals surface area contributed by atoms with Crippen LogP contribution in [0.2, 0.25) is 5.02 Å². The molecule has 0 aliphatic carbocycles. The van der Waals surface area contributed by atoms with Crippen molar-refractivity contribution < 1.29 is 4.42 Å². The lowest BCUT2D eigenvalue weighted by Crippen LogP contribution is -2.46. The summed E-state index contributed by atoms with van der Waals surface area (Å²) in [6.45, 7) is 5.01. The van der Waals surface area contributed by atoms with Gasteiger partial charge >= 0.3 is 0 Å². The molecule has 0 spiro atoms. The number of nitrogens with zero attached hydrogens (tertiary/aromatic N) is 3. The van der Waals surface area contributed by atoms with Gasteiger partial charge in [0, 0.05) is 65.8 Å². The van der Waals surface area contributed by atoms with Crippen molar-refractivity contribution in [1.82, 2.24) is 9.88 Å². The van der Waals surface area contributed by atoms with E-state index < -0.39 is 0 Å². The minimum absolute atomic E-state index is 0.726. The van der Waals surface area contributed by atoms with Crippen LogP contribution in [0, 0.1) is 0 Å². The Balaban J connectivity index is 1.20. The van der Waals surface area contributed by atoms with E-state index in [9.17, 15) is 0 Å². The number of para-hydroxylation sites is 1. The van der Waals surface area contributed by atoms with Crippen LogP contribution in [0.3, 0.4) is 0 Å². The van der Waals surface area contributed by atoms with Gasteiger partial charge in [0.1, 0.15) is 11.2 Å². The summed E-state index contributed by atoms with van der Waals surface area (Å²) in [6, 6.07) is 22.9. The van der Waals surface area contributed by atoms with Crippen LogP contribution >= 0.6 is 11.6 Å². The fraction of sp³-hybridized carbons (Fsp3) is 0.192. The summed E-state index contributed by atoms with van der Waals surface area (Å²) < 4.78 is 5.97. The summed E-state index contributed by atoms with van der Waals surface area (Å²) in [7, 11) is 0. The highest BCUT2D eigenvalue weighted by Gasteiger charge is 2.19. The van der Waals surface area contributed by atoms with E-state index in [0.717, 1.165) is 59.8 Å². The first-order valence-electron chi connectivity index (χ1n) is 10.7. The molecule has 0 saturated carbocycles. The second-order valence-corrected chi connectivity index (χ2v) is 8.62. The molecule has 3 aromatic carbocycles. The maximum atomic E-state index is 6.15. The lowest BCUT2D eigenvalue weighted by molar-refractivity contribution is 0.250. The first-order chi connectivity index (χ1) is 15.2. The standard InChI is InChI=1S/C26H22ClN3O/c27-19-6-7-21-23(16-19)28-10-9-24(21)30-13-11-29(12-14-30)17-18-5-8-26-22(15-18)20-3-1-2-4-25(20)31-26/h1-10,15-16H,11-14,17H2. The highest BCUT2D eigenvalue weighted by atomic mass is 35.5. The van der Waals surface area contributed by atoms with Gasteiger partial charge in [-0.1, -0.05) is 35.9 Å². The molecule has 31 heavy (non-hydrogen) atoms. The molecule has 2 aromatic heterocycles. The molecule has 0 unspecified atom stereocenters. The van der Waals surface area contributed by atoms with Crippen molar-refractivity contribution in [3.63, 3.8) is 0 Å². The van der Waals surface area contributed by atoms with E-state index in [1.807, 2.05) is 30.5 Å². The zero-order valence-corrected chi connectivity index (χ0v) is 17.8. The number of piperazine rings is 1. The molecule has 5 aromatic rings. The molecule has 4 nitrogen and oxygen atoms in total. The predicted octanol–water partition coefficient (Wildman–Crippen LogP) is 6.11. The maximum Gasteiger partial charge on any atom is 0.135 e. The van der Waals surface area contributed by atoms with Gasteiger partial charge in [0.05, 0.1) is 5.52 Å². The Morgan fingerprint density at radius 1 is 0.806 bits per heavy atom. The van der Waals surface area contributed by atoms with E-state index in [4.69, 9.17) is 16.0 Å². The van der Waals surface area contributed by atoms with Crippen LogP contribution in [0.4, 0.5) is 5.69 Å². The molecule has 5 heteroatoms. The molecule has 0 atom stereocenters. The number of rotatable bonds is 3. The van der Waals surface area contributed by atoms with Gasteiger partial charge in [-0.2, -0.15) is 0 Å². The monoisotopic (exact) mass is 427 g/mol. The molecule has 1 saturated heterocycles. The third kappa shape index (κ3) is 3.42. The Morgan fingerprint density at radius 3 is 2.55 bits per heavy atom. The summed E-state index contributed by atoms with van der Waals surface area (Å²) >= 11 is 6.15. The van der Waals surface area contributed by atoms with Crippen LogP contribution in [0.15, 0.2) is 77.3 Å². The molecule has 1 aliphatic heterocycles. The molecule has 6 rings (SSSR count). The molecule has 154 valence electrons. The molecule has 1 aliphatic rings. The van der Waals surface area contributed by atoms with Gasteiger partial charge in [-0.05, 0) is 48.0 Å². The first kappa shape index (κ1) is 18.7. The van der Waals surface area contributed by atoms with E-state index in [1.54, 1.807) is 0 Å². The van der Waals surface area contributed by atoms with E-state index in [2.05, 4.69) is 57.2 Å². The van der Waals surface area contributed by atoms with E-state index in [0.29, 0.717) is 0 Å². The first-order valence-corrected chi connectivity index (χ1v) is 11.0. The third-order valence-corrected chi connectivity index (χ3v) is 6.48. The summed E-state index contributed by atoms with van der Waals surface area (Å²) in [5.74, 6) is 0. The minimum Gasteiger partial charge on any atom is -0.456 e. The molecule has 0 amide bonds. The van der Waals surface area contributed by atoms with Gasteiger partial charge in [0.15, 0.2) is 0 Å². The average Bonchev–Trinajstić information content (AvgIpc) is 3.17. The van der Waals surface area contributed by atoms with Crippen LogP contribution in [0.25, 0.3) is 32.8 Å². The molecule has 0 radical (unpaired) electrons. The highest BCUT2D eigenvalue weighted by molar-refractivity contribution is 6.31. The van der Waals surface area contributed by atoms with Gasteiger partial charge < -0.3 is 9.32 Å². The normalized spacial score (nSPS) is 15.3. The van der Waals surface area contributed by atoms with Crippen LogP contribution < -0.4 is 4.90 Å². The van der Waals surface area contributed by atoms with Crippen LogP contribution in [0.5, 0.6) is 0 Å². The molecule has 0 bridgehead atoms. The summed E-state index contributed by atoms with van der Waals surface area (Å²) in [5, 5.41) is 4.28. The van der Waals surface area contributed by atoms with Crippen molar-refractivity contribution in [1.29, 1.82) is 0 Å². The second kappa shape index (κ2) is 7.56. The number of furan rings is 1. The SMILES string of the molecule is Clc1ccc2c(N3CCN(Cc4ccc5oc6ccccc6c5c4)CC3)ccnc2c1. The fourth-order valence-corrected chi connectivity index (χ4v) is 4.82. The third-order valence-electron chi connectivity index (χ3n) is 6.24. The van der Waals surface area contributed by atoms with E-state index in [-0.39, 0.29) is 0 Å². The van der Waals surface area contributed by atoms with Crippen LogP contribution in [0.1, 0.15) is 5.56 Å². The van der Waals surface area contributed by atoms with Crippen molar-refractivity contribution in [3.8, 4) is 0 Å². The molecule has 1 fully saturated rings. The van der Waals surface area contributed by atoms with E-state index >= 15 is 0 Å². The summed E-state index contributed by atoms with van der Waals surface area (Å²) in [5.41, 5.74) is 5.44. The number of pyridine rings is 1. The highest BCUT2D eigenvalue weighted by Crippen LogP contribution is 2.30. The second-order valence-electron chi connectivity index (χ2n) is 8.18. The maximum absolute atomic E-state index is 6.15. The minimum atomic E-state index is 0.726. The Hall–Kier alpha value is -3.08. The van der Waals surface area contributed by atoms with Crippen molar-refractivity contribution in [3.05, 3.63) is 83.5 Å². The van der Waals surface area contributed by atoms with Crippen LogP contribution in [-0.4, -0.2) is 36.1 Å². The predicted molar refractivity (Wildman–Crippen MR) is 128 cm³/mol. The molecule has 3 heterocycles. The number of anilines is 1. The summed E-state index contributed by atoms with van der Waals surface area (Å²) in [4.78, 5) is 9.47. The Labute approximate surface area is 185 Å². The van der Waals surface area contributed by atoms with Crippen molar-refractivity contribution >= 4 is 50.1 Å². The largest absolute Gasteiger partial charge is 0.456 e. The lowest BCUT2D eigenvalue weighted by atomic mass is 10.1. The Kier molecular flexibility index (Phi) is 4.55. The zero-order chi connectivity index (χ0) is 20.8. The smallest absolute Gasteiger partial charge is 0.135 e. The van der Waals surface area contributed by atoms with Gasteiger partial charge in [0.25, 0.3) is 0 Å². The zero-order valence-electron chi connectivity index (χ0n) is 17.1. The quantitative estimate of drug-likeness (QED) is 0.347.